The Bertz CT molecular complexity index is 926. The van der Waals surface area contributed by atoms with Crippen LogP contribution in [0, 0.1) is 10.5 Å². The van der Waals surface area contributed by atoms with Gasteiger partial charge in [-0.3, -0.25) is 9.69 Å². The number of benzene rings is 2. The lowest BCUT2D eigenvalue weighted by molar-refractivity contribution is -0.122. The van der Waals surface area contributed by atoms with Gasteiger partial charge in [0.05, 0.1) is 21.6 Å². The number of phenolic OH excluding ortho intramolecular Hbond substituents is 1. The Hall–Kier alpha value is -1.58. The van der Waals surface area contributed by atoms with Crippen molar-refractivity contribution in [3.05, 3.63) is 61.6 Å². The second-order valence-corrected chi connectivity index (χ2v) is 8.87. The number of carbonyl (C=O) groups excluding carboxylic acids is 1. The highest BCUT2D eigenvalue weighted by molar-refractivity contribution is 14.1. The number of nitrogens with zero attached hydrogens (tertiary/aromatic N) is 1. The molecule has 1 heterocycles. The van der Waals surface area contributed by atoms with Gasteiger partial charge in [-0.15, -0.1) is 0 Å². The molecule has 1 aliphatic heterocycles. The second kappa shape index (κ2) is 8.62. The van der Waals surface area contributed by atoms with Crippen molar-refractivity contribution < 1.29 is 14.6 Å². The standard InChI is InChI=1S/C20H18INO3S2/c1-3-25-16-9-14(8-15(21)18(16)23)10-17-19(24)22(20(26)27-17)11-13-6-4-12(2)5-7-13/h4-10,23H,3,11H2,1-2H3/b17-10-. The summed E-state index contributed by atoms with van der Waals surface area (Å²) in [6.45, 7) is 4.79. The van der Waals surface area contributed by atoms with Gasteiger partial charge in [0, 0.05) is 0 Å². The number of aromatic hydroxyl groups is 1. The Labute approximate surface area is 181 Å². The molecule has 1 amide bonds. The number of thioether (sulfide) groups is 1. The fraction of sp³-hybridized carbons (Fsp3) is 0.200. The average Bonchev–Trinajstić information content (AvgIpc) is 2.88. The van der Waals surface area contributed by atoms with Gasteiger partial charge in [-0.1, -0.05) is 53.8 Å². The third-order valence-corrected chi connectivity index (χ3v) is 6.18. The summed E-state index contributed by atoms with van der Waals surface area (Å²) in [6, 6.07) is 11.6. The van der Waals surface area contributed by atoms with Crippen molar-refractivity contribution in [1.29, 1.82) is 0 Å². The highest BCUT2D eigenvalue weighted by Crippen LogP contribution is 2.37. The maximum absolute atomic E-state index is 12.8. The summed E-state index contributed by atoms with van der Waals surface area (Å²) in [5.74, 6) is 0.416. The van der Waals surface area contributed by atoms with Crippen LogP contribution in [0.2, 0.25) is 0 Å². The van der Waals surface area contributed by atoms with Crippen LogP contribution in [0.25, 0.3) is 6.08 Å². The molecule has 0 spiro atoms. The Morgan fingerprint density at radius 1 is 1.30 bits per heavy atom. The third kappa shape index (κ3) is 4.64. The topological polar surface area (TPSA) is 49.8 Å². The van der Waals surface area contributed by atoms with E-state index in [0.29, 0.717) is 31.7 Å². The van der Waals surface area contributed by atoms with Crippen LogP contribution in [0.15, 0.2) is 41.3 Å². The van der Waals surface area contributed by atoms with Crippen LogP contribution >= 0.6 is 46.6 Å². The Morgan fingerprint density at radius 3 is 2.67 bits per heavy atom. The maximum atomic E-state index is 12.8. The number of hydrogen-bond donors (Lipinski definition) is 1. The molecule has 1 aliphatic rings. The van der Waals surface area contributed by atoms with Gasteiger partial charge in [0.15, 0.2) is 11.5 Å². The van der Waals surface area contributed by atoms with Crippen LogP contribution in [0.4, 0.5) is 0 Å². The molecular formula is C20H18INO3S2. The predicted molar refractivity (Wildman–Crippen MR) is 122 cm³/mol. The molecule has 1 N–H and O–H groups in total. The molecular weight excluding hydrogens is 493 g/mol. The van der Waals surface area contributed by atoms with Gasteiger partial charge in [0.2, 0.25) is 0 Å². The van der Waals surface area contributed by atoms with Crippen molar-refractivity contribution in [1.82, 2.24) is 4.90 Å². The number of phenols is 1. The van der Waals surface area contributed by atoms with Crippen LogP contribution in [0.1, 0.15) is 23.6 Å². The number of amides is 1. The highest BCUT2D eigenvalue weighted by atomic mass is 127. The Morgan fingerprint density at radius 2 is 2.00 bits per heavy atom. The highest BCUT2D eigenvalue weighted by Gasteiger charge is 2.32. The third-order valence-electron chi connectivity index (χ3n) is 3.98. The van der Waals surface area contributed by atoms with E-state index in [9.17, 15) is 9.90 Å². The monoisotopic (exact) mass is 511 g/mol. The lowest BCUT2D eigenvalue weighted by Gasteiger charge is -2.14. The summed E-state index contributed by atoms with van der Waals surface area (Å²) in [5.41, 5.74) is 3.00. The van der Waals surface area contributed by atoms with E-state index in [1.807, 2.05) is 66.8 Å². The number of aryl methyl sites for hydroxylation is 1. The quantitative estimate of drug-likeness (QED) is 0.344. The van der Waals surface area contributed by atoms with Crippen LogP contribution < -0.4 is 4.74 Å². The lowest BCUT2D eigenvalue weighted by Crippen LogP contribution is -2.27. The van der Waals surface area contributed by atoms with Crippen molar-refractivity contribution in [3.63, 3.8) is 0 Å². The normalized spacial score (nSPS) is 15.7. The molecule has 0 radical (unpaired) electrons. The number of thiocarbonyl (C=S) groups is 1. The summed E-state index contributed by atoms with van der Waals surface area (Å²) in [4.78, 5) is 15.0. The van der Waals surface area contributed by atoms with Crippen molar-refractivity contribution in [2.75, 3.05) is 6.61 Å². The van der Waals surface area contributed by atoms with E-state index in [-0.39, 0.29) is 11.7 Å². The minimum absolute atomic E-state index is 0.105. The van der Waals surface area contributed by atoms with Crippen molar-refractivity contribution in [2.45, 2.75) is 20.4 Å². The summed E-state index contributed by atoms with van der Waals surface area (Å²) in [7, 11) is 0. The summed E-state index contributed by atoms with van der Waals surface area (Å²) in [5, 5.41) is 10.1. The number of ether oxygens (including phenoxy) is 1. The van der Waals surface area contributed by atoms with E-state index in [0.717, 1.165) is 11.1 Å². The largest absolute Gasteiger partial charge is 0.504 e. The van der Waals surface area contributed by atoms with Crippen LogP contribution in [0.5, 0.6) is 11.5 Å². The summed E-state index contributed by atoms with van der Waals surface area (Å²) in [6.07, 6.45) is 1.79. The number of hydrogen-bond acceptors (Lipinski definition) is 5. The van der Waals surface area contributed by atoms with Gasteiger partial charge in [0.1, 0.15) is 4.32 Å². The molecule has 0 bridgehead atoms. The lowest BCUT2D eigenvalue weighted by atomic mass is 10.1. The van der Waals surface area contributed by atoms with Crippen molar-refractivity contribution in [2.24, 2.45) is 0 Å². The first-order valence-electron chi connectivity index (χ1n) is 8.35. The fourth-order valence-corrected chi connectivity index (χ4v) is 4.49. The van der Waals surface area contributed by atoms with E-state index in [1.54, 1.807) is 17.0 Å². The molecule has 140 valence electrons. The molecule has 1 saturated heterocycles. The zero-order chi connectivity index (χ0) is 19.6. The molecule has 7 heteroatoms. The van der Waals surface area contributed by atoms with E-state index < -0.39 is 0 Å². The number of carbonyl (C=O) groups is 1. The SMILES string of the molecule is CCOc1cc(/C=C2\SC(=S)N(Cc3ccc(C)cc3)C2=O)cc(I)c1O. The maximum Gasteiger partial charge on any atom is 0.266 e. The molecule has 1 fully saturated rings. The molecule has 27 heavy (non-hydrogen) atoms. The average molecular weight is 511 g/mol. The number of halogens is 1. The van der Waals surface area contributed by atoms with E-state index in [4.69, 9.17) is 17.0 Å². The Balaban J connectivity index is 1.85. The van der Waals surface area contributed by atoms with Gasteiger partial charge in [-0.05, 0) is 65.8 Å². The van der Waals surface area contributed by atoms with Gasteiger partial charge in [0.25, 0.3) is 5.91 Å². The first-order valence-corrected chi connectivity index (χ1v) is 10.7. The molecule has 0 atom stereocenters. The molecule has 2 aromatic carbocycles. The van der Waals surface area contributed by atoms with E-state index in [1.165, 1.54) is 17.3 Å². The van der Waals surface area contributed by atoms with Crippen LogP contribution in [0.3, 0.4) is 0 Å². The van der Waals surface area contributed by atoms with Gasteiger partial charge in [-0.2, -0.15) is 0 Å². The molecule has 0 aromatic heterocycles. The van der Waals surface area contributed by atoms with Crippen molar-refractivity contribution in [3.8, 4) is 11.5 Å². The summed E-state index contributed by atoms with van der Waals surface area (Å²) >= 11 is 8.75. The number of rotatable bonds is 5. The van der Waals surface area contributed by atoms with Crippen molar-refractivity contribution >= 4 is 62.9 Å². The molecule has 0 aliphatic carbocycles. The van der Waals surface area contributed by atoms with Gasteiger partial charge < -0.3 is 9.84 Å². The smallest absolute Gasteiger partial charge is 0.266 e. The first kappa shape index (κ1) is 20.2. The van der Waals surface area contributed by atoms with Crippen LogP contribution in [-0.2, 0) is 11.3 Å². The molecule has 2 aromatic rings. The second-order valence-electron chi connectivity index (χ2n) is 6.04. The predicted octanol–water partition coefficient (Wildman–Crippen LogP) is 5.11. The van der Waals surface area contributed by atoms with E-state index in [2.05, 4.69) is 0 Å². The van der Waals surface area contributed by atoms with E-state index >= 15 is 0 Å². The molecule has 0 unspecified atom stereocenters. The fourth-order valence-electron chi connectivity index (χ4n) is 2.61. The zero-order valence-electron chi connectivity index (χ0n) is 14.9. The first-order chi connectivity index (χ1) is 12.9. The minimum Gasteiger partial charge on any atom is -0.504 e. The minimum atomic E-state index is -0.105. The molecule has 3 rings (SSSR count). The van der Waals surface area contributed by atoms with Crippen LogP contribution in [-0.4, -0.2) is 26.8 Å². The summed E-state index contributed by atoms with van der Waals surface area (Å²) < 4.78 is 6.68. The zero-order valence-corrected chi connectivity index (χ0v) is 18.7. The van der Waals surface area contributed by atoms with Gasteiger partial charge >= 0.3 is 0 Å². The molecule has 0 saturated carbocycles. The molecule has 4 nitrogen and oxygen atoms in total. The van der Waals surface area contributed by atoms with Gasteiger partial charge in [-0.25, -0.2) is 0 Å². The Kier molecular flexibility index (Phi) is 6.44.